The Kier molecular flexibility index (Phi) is 9.57. The number of amides is 3. The van der Waals surface area contributed by atoms with E-state index in [9.17, 15) is 9.59 Å². The number of unbranched alkanes of at least 4 members (excludes halogenated alkanes) is 1. The summed E-state index contributed by atoms with van der Waals surface area (Å²) >= 11 is 0. The van der Waals surface area contributed by atoms with Gasteiger partial charge in [0.05, 0.1) is 13.7 Å². The van der Waals surface area contributed by atoms with Gasteiger partial charge >= 0.3 is 6.03 Å². The SMILES string of the molecule is COc1ccc(CNC(=O)CNC(=O)NCCCCN2CCN(C)CC2)cc1. The second-order valence-corrected chi connectivity index (χ2v) is 7.09. The molecule has 1 fully saturated rings. The van der Waals surface area contributed by atoms with Crippen LogP contribution >= 0.6 is 0 Å². The zero-order valence-corrected chi connectivity index (χ0v) is 17.0. The van der Waals surface area contributed by atoms with E-state index in [1.54, 1.807) is 7.11 Å². The van der Waals surface area contributed by atoms with Gasteiger partial charge < -0.3 is 30.5 Å². The summed E-state index contributed by atoms with van der Waals surface area (Å²) in [5, 5.41) is 8.16. The highest BCUT2D eigenvalue weighted by atomic mass is 16.5. The molecule has 1 aliphatic heterocycles. The number of urea groups is 1. The van der Waals surface area contributed by atoms with Crippen molar-refractivity contribution < 1.29 is 14.3 Å². The summed E-state index contributed by atoms with van der Waals surface area (Å²) < 4.78 is 5.10. The number of nitrogens with one attached hydrogen (secondary N) is 3. The molecule has 0 saturated carbocycles. The van der Waals surface area contributed by atoms with Crippen molar-refractivity contribution in [1.29, 1.82) is 0 Å². The van der Waals surface area contributed by atoms with Crippen molar-refractivity contribution in [3.8, 4) is 5.75 Å². The summed E-state index contributed by atoms with van der Waals surface area (Å²) in [5.74, 6) is 0.554. The largest absolute Gasteiger partial charge is 0.497 e. The van der Waals surface area contributed by atoms with E-state index in [4.69, 9.17) is 4.74 Å². The molecule has 3 N–H and O–H groups in total. The Morgan fingerprint density at radius 1 is 1.00 bits per heavy atom. The number of carbonyl (C=O) groups excluding carboxylic acids is 2. The minimum atomic E-state index is -0.306. The quantitative estimate of drug-likeness (QED) is 0.510. The molecule has 0 bridgehead atoms. The lowest BCUT2D eigenvalue weighted by atomic mass is 10.2. The maximum absolute atomic E-state index is 11.8. The number of carbonyl (C=O) groups is 2. The fourth-order valence-corrected chi connectivity index (χ4v) is 2.96. The van der Waals surface area contributed by atoms with Gasteiger partial charge in [0, 0.05) is 39.3 Å². The number of hydrogen-bond donors (Lipinski definition) is 3. The average Bonchev–Trinajstić information content (AvgIpc) is 2.72. The molecule has 0 aliphatic carbocycles. The molecule has 0 aromatic heterocycles. The van der Waals surface area contributed by atoms with E-state index in [1.807, 2.05) is 24.3 Å². The van der Waals surface area contributed by atoms with Crippen LogP contribution in [-0.4, -0.2) is 81.7 Å². The standard InChI is InChI=1S/C20H33N5O3/c1-24-11-13-25(14-12-24)10-4-3-9-21-20(27)23-16-19(26)22-15-17-5-7-18(28-2)8-6-17/h5-8H,3-4,9-16H2,1-2H3,(H,22,26)(H2,21,23,27). The molecule has 8 heteroatoms. The lowest BCUT2D eigenvalue weighted by Gasteiger charge is -2.32. The maximum Gasteiger partial charge on any atom is 0.315 e. The monoisotopic (exact) mass is 391 g/mol. The van der Waals surface area contributed by atoms with E-state index in [0.717, 1.165) is 56.9 Å². The van der Waals surface area contributed by atoms with Gasteiger partial charge in [-0.25, -0.2) is 4.79 Å². The van der Waals surface area contributed by atoms with Crippen LogP contribution in [0.3, 0.4) is 0 Å². The predicted molar refractivity (Wildman–Crippen MR) is 109 cm³/mol. The summed E-state index contributed by atoms with van der Waals surface area (Å²) in [7, 11) is 3.76. The number of hydrogen-bond acceptors (Lipinski definition) is 5. The molecule has 156 valence electrons. The highest BCUT2D eigenvalue weighted by molar-refractivity contribution is 5.83. The summed E-state index contributed by atoms with van der Waals surface area (Å²) in [5.41, 5.74) is 0.971. The average molecular weight is 392 g/mol. The highest BCUT2D eigenvalue weighted by Gasteiger charge is 2.12. The molecule has 3 amide bonds. The molecule has 0 spiro atoms. The molecule has 0 unspecified atom stereocenters. The van der Waals surface area contributed by atoms with E-state index in [2.05, 4.69) is 32.8 Å². The second-order valence-electron chi connectivity index (χ2n) is 7.09. The Balaban J connectivity index is 1.47. The number of benzene rings is 1. The van der Waals surface area contributed by atoms with Gasteiger partial charge in [0.25, 0.3) is 0 Å². The number of likely N-dealkylation sites (N-methyl/N-ethyl adjacent to an activating group) is 1. The minimum absolute atomic E-state index is 0.0384. The zero-order chi connectivity index (χ0) is 20.2. The lowest BCUT2D eigenvalue weighted by molar-refractivity contribution is -0.120. The van der Waals surface area contributed by atoms with E-state index in [0.29, 0.717) is 13.1 Å². The third-order valence-electron chi connectivity index (χ3n) is 4.84. The van der Waals surface area contributed by atoms with Crippen LogP contribution in [0.2, 0.25) is 0 Å². The van der Waals surface area contributed by atoms with Crippen LogP contribution in [0.15, 0.2) is 24.3 Å². The normalized spacial score (nSPS) is 15.1. The van der Waals surface area contributed by atoms with Crippen LogP contribution in [0.5, 0.6) is 5.75 Å². The predicted octanol–water partition coefficient (Wildman–Crippen LogP) is 0.638. The van der Waals surface area contributed by atoms with Gasteiger partial charge in [-0.05, 0) is 44.1 Å². The third kappa shape index (κ3) is 8.58. The van der Waals surface area contributed by atoms with Crippen molar-refractivity contribution in [2.45, 2.75) is 19.4 Å². The van der Waals surface area contributed by atoms with Crippen LogP contribution in [-0.2, 0) is 11.3 Å². The first kappa shape index (κ1) is 22.0. The van der Waals surface area contributed by atoms with Gasteiger partial charge in [-0.3, -0.25) is 4.79 Å². The Bertz CT molecular complexity index is 600. The van der Waals surface area contributed by atoms with E-state index in [-0.39, 0.29) is 18.5 Å². The topological polar surface area (TPSA) is 85.9 Å². The van der Waals surface area contributed by atoms with Crippen molar-refractivity contribution in [3.63, 3.8) is 0 Å². The Morgan fingerprint density at radius 2 is 1.71 bits per heavy atom. The molecule has 2 rings (SSSR count). The molecule has 1 aromatic carbocycles. The van der Waals surface area contributed by atoms with Gasteiger partial charge in [-0.2, -0.15) is 0 Å². The molecule has 1 aliphatic rings. The van der Waals surface area contributed by atoms with Crippen LogP contribution in [0.25, 0.3) is 0 Å². The Morgan fingerprint density at radius 3 is 2.39 bits per heavy atom. The minimum Gasteiger partial charge on any atom is -0.497 e. The number of nitrogens with zero attached hydrogens (tertiary/aromatic N) is 2. The Hall–Kier alpha value is -2.32. The van der Waals surface area contributed by atoms with Crippen molar-refractivity contribution in [3.05, 3.63) is 29.8 Å². The molecular formula is C20H33N5O3. The van der Waals surface area contributed by atoms with Crippen molar-refractivity contribution in [1.82, 2.24) is 25.8 Å². The molecular weight excluding hydrogens is 358 g/mol. The van der Waals surface area contributed by atoms with Gasteiger partial charge in [0.15, 0.2) is 0 Å². The van der Waals surface area contributed by atoms with Crippen molar-refractivity contribution in [2.24, 2.45) is 0 Å². The van der Waals surface area contributed by atoms with E-state index >= 15 is 0 Å². The Labute approximate surface area is 167 Å². The van der Waals surface area contributed by atoms with Crippen molar-refractivity contribution >= 4 is 11.9 Å². The smallest absolute Gasteiger partial charge is 0.315 e. The molecule has 1 heterocycles. The third-order valence-corrected chi connectivity index (χ3v) is 4.84. The van der Waals surface area contributed by atoms with Crippen molar-refractivity contribution in [2.75, 3.05) is 60.0 Å². The first-order valence-electron chi connectivity index (χ1n) is 9.89. The fourth-order valence-electron chi connectivity index (χ4n) is 2.96. The van der Waals surface area contributed by atoms with E-state index in [1.165, 1.54) is 0 Å². The maximum atomic E-state index is 11.8. The fraction of sp³-hybridized carbons (Fsp3) is 0.600. The summed E-state index contributed by atoms with van der Waals surface area (Å²) in [6.45, 7) is 6.56. The number of methoxy groups -OCH3 is 1. The molecule has 28 heavy (non-hydrogen) atoms. The van der Waals surface area contributed by atoms with Gasteiger partial charge in [0.1, 0.15) is 5.75 Å². The molecule has 0 atom stereocenters. The number of ether oxygens (including phenoxy) is 1. The number of piperazine rings is 1. The van der Waals surface area contributed by atoms with Gasteiger partial charge in [-0.15, -0.1) is 0 Å². The zero-order valence-electron chi connectivity index (χ0n) is 17.0. The van der Waals surface area contributed by atoms with Crippen LogP contribution in [0.1, 0.15) is 18.4 Å². The molecule has 1 aromatic rings. The van der Waals surface area contributed by atoms with Gasteiger partial charge in [0.2, 0.25) is 5.91 Å². The molecule has 8 nitrogen and oxygen atoms in total. The van der Waals surface area contributed by atoms with Crippen LogP contribution < -0.4 is 20.7 Å². The summed E-state index contributed by atoms with van der Waals surface area (Å²) in [6.07, 6.45) is 2.00. The first-order valence-corrected chi connectivity index (χ1v) is 9.89. The van der Waals surface area contributed by atoms with Gasteiger partial charge in [-0.1, -0.05) is 12.1 Å². The molecule has 0 radical (unpaired) electrons. The molecule has 1 saturated heterocycles. The van der Waals surface area contributed by atoms with Crippen LogP contribution in [0.4, 0.5) is 4.79 Å². The summed E-state index contributed by atoms with van der Waals surface area (Å²) in [6, 6.07) is 7.16. The highest BCUT2D eigenvalue weighted by Crippen LogP contribution is 2.10. The van der Waals surface area contributed by atoms with Crippen LogP contribution in [0, 0.1) is 0 Å². The van der Waals surface area contributed by atoms with E-state index < -0.39 is 0 Å². The first-order chi connectivity index (χ1) is 13.6. The summed E-state index contributed by atoms with van der Waals surface area (Å²) in [4.78, 5) is 28.4. The number of rotatable bonds is 10. The second kappa shape index (κ2) is 12.2. The lowest BCUT2D eigenvalue weighted by Crippen LogP contribution is -2.45.